The van der Waals surface area contributed by atoms with E-state index in [1.807, 2.05) is 50.2 Å². The van der Waals surface area contributed by atoms with Gasteiger partial charge in [0.15, 0.2) is 0 Å². The molecular weight excluding hydrogens is 312 g/mol. The van der Waals surface area contributed by atoms with Crippen molar-refractivity contribution in [2.45, 2.75) is 33.4 Å². The van der Waals surface area contributed by atoms with E-state index in [2.05, 4.69) is 40.4 Å². The van der Waals surface area contributed by atoms with Crippen molar-refractivity contribution >= 4 is 11.9 Å². The summed E-state index contributed by atoms with van der Waals surface area (Å²) in [5, 5.41) is 9.64. The molecule has 0 saturated carbocycles. The SMILES string of the molecule is C=C(C#CCOC)/C=C\C(=C)NCC/C=N\N1C(C)=CC(C)=NC1C. The highest BCUT2D eigenvalue weighted by atomic mass is 16.5. The lowest BCUT2D eigenvalue weighted by Crippen LogP contribution is -2.29. The van der Waals surface area contributed by atoms with Crippen LogP contribution in [0.15, 0.2) is 58.4 Å². The van der Waals surface area contributed by atoms with E-state index in [-0.39, 0.29) is 6.17 Å². The van der Waals surface area contributed by atoms with Crippen molar-refractivity contribution in [2.75, 3.05) is 20.3 Å². The minimum Gasteiger partial charge on any atom is -0.385 e. The average Bonchev–Trinajstić information content (AvgIpc) is 2.54. The molecular formula is C20H28N4O. The summed E-state index contributed by atoms with van der Waals surface area (Å²) in [6.07, 6.45) is 8.44. The normalized spacial score (nSPS) is 17.1. The summed E-state index contributed by atoms with van der Waals surface area (Å²) in [5.74, 6) is 5.75. The van der Waals surface area contributed by atoms with E-state index in [4.69, 9.17) is 4.74 Å². The van der Waals surface area contributed by atoms with E-state index in [1.54, 1.807) is 7.11 Å². The van der Waals surface area contributed by atoms with Crippen LogP contribution in [0.3, 0.4) is 0 Å². The van der Waals surface area contributed by atoms with E-state index < -0.39 is 0 Å². The van der Waals surface area contributed by atoms with Crippen LogP contribution in [0, 0.1) is 11.8 Å². The number of aliphatic imine (C=N–C) groups is 1. The number of methoxy groups -OCH3 is 1. The van der Waals surface area contributed by atoms with Gasteiger partial charge in [-0.1, -0.05) is 25.0 Å². The van der Waals surface area contributed by atoms with Gasteiger partial charge in [0.1, 0.15) is 12.8 Å². The monoisotopic (exact) mass is 340 g/mol. The maximum Gasteiger partial charge on any atom is 0.139 e. The molecule has 0 aromatic heterocycles. The van der Waals surface area contributed by atoms with Crippen molar-refractivity contribution in [1.29, 1.82) is 0 Å². The van der Waals surface area contributed by atoms with Gasteiger partial charge >= 0.3 is 0 Å². The third kappa shape index (κ3) is 8.18. The predicted octanol–water partition coefficient (Wildman–Crippen LogP) is 3.25. The van der Waals surface area contributed by atoms with Crippen LogP contribution in [0.25, 0.3) is 0 Å². The molecule has 5 heteroatoms. The van der Waals surface area contributed by atoms with Crippen molar-refractivity contribution < 1.29 is 4.74 Å². The van der Waals surface area contributed by atoms with Crippen LogP contribution in [0.5, 0.6) is 0 Å². The van der Waals surface area contributed by atoms with Crippen molar-refractivity contribution in [3.63, 3.8) is 0 Å². The summed E-state index contributed by atoms with van der Waals surface area (Å²) in [6.45, 7) is 15.0. The zero-order valence-corrected chi connectivity index (χ0v) is 15.7. The molecule has 0 aromatic rings. The first-order valence-corrected chi connectivity index (χ1v) is 8.26. The van der Waals surface area contributed by atoms with Gasteiger partial charge in [0, 0.05) is 49.0 Å². The molecule has 0 fully saturated rings. The van der Waals surface area contributed by atoms with Gasteiger partial charge in [-0.05, 0) is 39.0 Å². The Hall–Kier alpha value is -2.58. The Labute approximate surface area is 151 Å². The van der Waals surface area contributed by atoms with Crippen molar-refractivity contribution in [2.24, 2.45) is 10.1 Å². The second-order valence-electron chi connectivity index (χ2n) is 5.66. The van der Waals surface area contributed by atoms with Crippen molar-refractivity contribution in [1.82, 2.24) is 10.3 Å². The molecule has 1 unspecified atom stereocenters. The van der Waals surface area contributed by atoms with E-state index in [1.165, 1.54) is 0 Å². The number of nitrogens with one attached hydrogen (secondary N) is 1. The molecule has 1 heterocycles. The number of ether oxygens (including phenoxy) is 1. The van der Waals surface area contributed by atoms with Crippen LogP contribution in [-0.2, 0) is 4.74 Å². The topological polar surface area (TPSA) is 49.2 Å². The molecule has 0 amide bonds. The fraction of sp³-hybridized carbons (Fsp3) is 0.400. The first kappa shape index (κ1) is 20.5. The highest BCUT2D eigenvalue weighted by Gasteiger charge is 2.15. The average molecular weight is 340 g/mol. The summed E-state index contributed by atoms with van der Waals surface area (Å²) >= 11 is 0. The molecule has 1 atom stereocenters. The Bertz CT molecular complexity index is 659. The lowest BCUT2D eigenvalue weighted by Gasteiger charge is -2.27. The molecule has 0 saturated heterocycles. The lowest BCUT2D eigenvalue weighted by atomic mass is 10.2. The fourth-order valence-corrected chi connectivity index (χ4v) is 2.20. The number of allylic oxidation sites excluding steroid dienone is 5. The van der Waals surface area contributed by atoms with Gasteiger partial charge in [-0.15, -0.1) is 0 Å². The van der Waals surface area contributed by atoms with Gasteiger partial charge in [0.2, 0.25) is 0 Å². The molecule has 0 aliphatic carbocycles. The number of hydrazone groups is 1. The number of nitrogens with zero attached hydrogens (tertiary/aromatic N) is 3. The Balaban J connectivity index is 2.31. The molecule has 0 radical (unpaired) electrons. The highest BCUT2D eigenvalue weighted by molar-refractivity contribution is 5.94. The molecule has 1 rings (SSSR count). The number of hydrogen-bond acceptors (Lipinski definition) is 5. The summed E-state index contributed by atoms with van der Waals surface area (Å²) in [4.78, 5) is 4.50. The van der Waals surface area contributed by atoms with Crippen molar-refractivity contribution in [3.8, 4) is 11.8 Å². The third-order valence-corrected chi connectivity index (χ3v) is 3.31. The minimum atomic E-state index is 0.0392. The quantitative estimate of drug-likeness (QED) is 0.319. The van der Waals surface area contributed by atoms with Gasteiger partial charge < -0.3 is 10.1 Å². The molecule has 134 valence electrons. The second kappa shape index (κ2) is 11.1. The molecule has 25 heavy (non-hydrogen) atoms. The molecule has 0 bridgehead atoms. The number of hydrogen-bond donors (Lipinski definition) is 1. The van der Waals surface area contributed by atoms with Gasteiger partial charge in [-0.25, -0.2) is 5.01 Å². The van der Waals surface area contributed by atoms with Crippen LogP contribution < -0.4 is 5.32 Å². The Morgan fingerprint density at radius 2 is 2.20 bits per heavy atom. The molecule has 1 aliphatic heterocycles. The maximum atomic E-state index is 4.86. The standard InChI is InChI=1S/C20H28N4O/c1-16(9-7-14-25-6)10-11-17(2)21-12-8-13-22-24-19(4)15-18(3)23-20(24)5/h10-11,13,15,20-21H,1-2,8,12,14H2,3-6H3/b11-10-,22-13-. The lowest BCUT2D eigenvalue weighted by molar-refractivity contribution is 0.240. The highest BCUT2D eigenvalue weighted by Crippen LogP contribution is 2.15. The Morgan fingerprint density at radius 1 is 1.44 bits per heavy atom. The predicted molar refractivity (Wildman–Crippen MR) is 106 cm³/mol. The zero-order valence-electron chi connectivity index (χ0n) is 15.7. The van der Waals surface area contributed by atoms with Gasteiger partial charge in [-0.3, -0.25) is 4.99 Å². The zero-order chi connectivity index (χ0) is 18.7. The third-order valence-electron chi connectivity index (χ3n) is 3.31. The van der Waals surface area contributed by atoms with E-state index >= 15 is 0 Å². The molecule has 1 N–H and O–H groups in total. The van der Waals surface area contributed by atoms with Gasteiger partial charge in [0.25, 0.3) is 0 Å². The second-order valence-corrected chi connectivity index (χ2v) is 5.66. The van der Waals surface area contributed by atoms with Crippen molar-refractivity contribution in [3.05, 3.63) is 48.4 Å². The summed E-state index contributed by atoms with van der Waals surface area (Å²) in [5.41, 5.74) is 3.67. The minimum absolute atomic E-state index is 0.0392. The van der Waals surface area contributed by atoms with E-state index in [9.17, 15) is 0 Å². The fourth-order valence-electron chi connectivity index (χ4n) is 2.20. The maximum absolute atomic E-state index is 4.86. The summed E-state index contributed by atoms with van der Waals surface area (Å²) < 4.78 is 4.86. The summed E-state index contributed by atoms with van der Waals surface area (Å²) in [7, 11) is 1.61. The van der Waals surface area contributed by atoms with Crippen LogP contribution in [0.1, 0.15) is 27.2 Å². The summed E-state index contributed by atoms with van der Waals surface area (Å²) in [6, 6.07) is 0. The van der Waals surface area contributed by atoms with Crippen LogP contribution >= 0.6 is 0 Å². The smallest absolute Gasteiger partial charge is 0.139 e. The molecule has 0 spiro atoms. The van der Waals surface area contributed by atoms with Gasteiger partial charge in [-0.2, -0.15) is 5.10 Å². The van der Waals surface area contributed by atoms with E-state index in [0.717, 1.165) is 35.6 Å². The Morgan fingerprint density at radius 3 is 2.88 bits per heavy atom. The van der Waals surface area contributed by atoms with Crippen LogP contribution in [-0.4, -0.2) is 43.4 Å². The van der Waals surface area contributed by atoms with Gasteiger partial charge in [0.05, 0.1) is 0 Å². The molecule has 1 aliphatic rings. The van der Waals surface area contributed by atoms with E-state index in [0.29, 0.717) is 6.61 Å². The largest absolute Gasteiger partial charge is 0.385 e. The van der Waals surface area contributed by atoms with Crippen LogP contribution in [0.2, 0.25) is 0 Å². The Kier molecular flexibility index (Phi) is 9.05. The first-order chi connectivity index (χ1) is 11.9. The molecule has 0 aromatic carbocycles. The van der Waals surface area contributed by atoms with Crippen LogP contribution in [0.4, 0.5) is 0 Å². The first-order valence-electron chi connectivity index (χ1n) is 8.26. The molecule has 5 nitrogen and oxygen atoms in total. The number of rotatable bonds is 8.